The maximum absolute atomic E-state index is 12.1. The molecule has 7 heteroatoms. The number of benzene rings is 1. The molecule has 0 aliphatic rings. The summed E-state index contributed by atoms with van der Waals surface area (Å²) in [5.41, 5.74) is 6.84. The molecule has 6 nitrogen and oxygen atoms in total. The lowest BCUT2D eigenvalue weighted by atomic mass is 10.2. The van der Waals surface area contributed by atoms with Gasteiger partial charge in [-0.1, -0.05) is 26.0 Å². The van der Waals surface area contributed by atoms with Crippen LogP contribution < -0.4 is 10.5 Å². The van der Waals surface area contributed by atoms with Crippen LogP contribution in [0.25, 0.3) is 0 Å². The molecule has 0 aromatic heterocycles. The fraction of sp³-hybridized carbons (Fsp3) is 0.562. The number of guanidine groups is 1. The van der Waals surface area contributed by atoms with Gasteiger partial charge >= 0.3 is 0 Å². The van der Waals surface area contributed by atoms with Crippen molar-refractivity contribution in [2.75, 3.05) is 19.6 Å². The van der Waals surface area contributed by atoms with E-state index < -0.39 is 10.0 Å². The summed E-state index contributed by atoms with van der Waals surface area (Å²) in [5.74, 6) is 0.770. The van der Waals surface area contributed by atoms with E-state index in [9.17, 15) is 8.42 Å². The van der Waals surface area contributed by atoms with E-state index in [4.69, 9.17) is 5.73 Å². The first-order valence-corrected chi connectivity index (χ1v) is 9.41. The molecule has 0 radical (unpaired) electrons. The molecule has 3 N–H and O–H groups in total. The smallest absolute Gasteiger partial charge is 0.240 e. The van der Waals surface area contributed by atoms with Crippen molar-refractivity contribution in [2.45, 2.75) is 39.1 Å². The average Bonchev–Trinajstić information content (AvgIpc) is 2.52. The molecule has 0 fully saturated rings. The monoisotopic (exact) mass is 340 g/mol. The molecule has 0 aliphatic heterocycles. The minimum atomic E-state index is -3.44. The second-order valence-electron chi connectivity index (χ2n) is 5.74. The van der Waals surface area contributed by atoms with Crippen LogP contribution in [0.1, 0.15) is 33.3 Å². The Labute approximate surface area is 139 Å². The van der Waals surface area contributed by atoms with Crippen LogP contribution in [-0.4, -0.2) is 38.9 Å². The van der Waals surface area contributed by atoms with Crippen LogP contribution in [0.2, 0.25) is 0 Å². The van der Waals surface area contributed by atoms with E-state index in [0.717, 1.165) is 18.7 Å². The maximum Gasteiger partial charge on any atom is 0.240 e. The van der Waals surface area contributed by atoms with Crippen LogP contribution in [0.3, 0.4) is 0 Å². The number of nitrogens with one attached hydrogen (secondary N) is 1. The van der Waals surface area contributed by atoms with Gasteiger partial charge in [0.15, 0.2) is 5.96 Å². The summed E-state index contributed by atoms with van der Waals surface area (Å²) >= 11 is 0. The largest absolute Gasteiger partial charge is 0.370 e. The summed E-state index contributed by atoms with van der Waals surface area (Å²) in [4.78, 5) is 6.58. The van der Waals surface area contributed by atoms with Gasteiger partial charge in [0.05, 0.1) is 11.4 Å². The van der Waals surface area contributed by atoms with Crippen molar-refractivity contribution in [3.8, 4) is 0 Å². The highest BCUT2D eigenvalue weighted by Gasteiger charge is 2.13. The lowest BCUT2D eigenvalue weighted by molar-refractivity contribution is 0.458. The molecule has 0 heterocycles. The number of nitrogens with two attached hydrogens (primary N) is 1. The Balaban J connectivity index is 2.75. The number of nitrogens with zero attached hydrogens (tertiary/aromatic N) is 2. The minimum absolute atomic E-state index is 0.265. The predicted octanol–water partition coefficient (Wildman–Crippen LogP) is 1.78. The van der Waals surface area contributed by atoms with E-state index in [1.165, 1.54) is 0 Å². The Kier molecular flexibility index (Phi) is 7.51. The zero-order chi connectivity index (χ0) is 17.5. The first kappa shape index (κ1) is 19.4. The van der Waals surface area contributed by atoms with Gasteiger partial charge in [0.2, 0.25) is 10.0 Å². The number of aliphatic imine (C=N–C) groups is 1. The van der Waals surface area contributed by atoms with Gasteiger partial charge in [-0.15, -0.1) is 0 Å². The summed E-state index contributed by atoms with van der Waals surface area (Å²) in [6.07, 6.45) is 0. The van der Waals surface area contributed by atoms with Gasteiger partial charge in [-0.3, -0.25) is 0 Å². The van der Waals surface area contributed by atoms with Crippen LogP contribution in [0, 0.1) is 5.92 Å². The van der Waals surface area contributed by atoms with Crippen LogP contribution in [0.4, 0.5) is 0 Å². The molecule has 130 valence electrons. The molecule has 0 atom stereocenters. The Morgan fingerprint density at radius 1 is 1.22 bits per heavy atom. The normalized spacial score (nSPS) is 12.7. The Morgan fingerprint density at radius 2 is 1.78 bits per heavy atom. The van der Waals surface area contributed by atoms with Gasteiger partial charge in [-0.05, 0) is 37.5 Å². The third kappa shape index (κ3) is 6.19. The summed E-state index contributed by atoms with van der Waals surface area (Å²) in [6, 6.07) is 6.73. The lowest BCUT2D eigenvalue weighted by Crippen LogP contribution is -2.37. The van der Waals surface area contributed by atoms with Crippen molar-refractivity contribution in [2.24, 2.45) is 16.6 Å². The predicted molar refractivity (Wildman–Crippen MR) is 94.7 cm³/mol. The van der Waals surface area contributed by atoms with Gasteiger partial charge in [0.1, 0.15) is 0 Å². The van der Waals surface area contributed by atoms with E-state index in [1.807, 2.05) is 32.6 Å². The Morgan fingerprint density at radius 3 is 2.26 bits per heavy atom. The van der Waals surface area contributed by atoms with Gasteiger partial charge in [0.25, 0.3) is 0 Å². The maximum atomic E-state index is 12.1. The van der Waals surface area contributed by atoms with Crippen molar-refractivity contribution < 1.29 is 8.42 Å². The summed E-state index contributed by atoms with van der Waals surface area (Å²) in [7, 11) is -3.44. The van der Waals surface area contributed by atoms with Gasteiger partial charge in [0, 0.05) is 19.6 Å². The molecule has 0 aliphatic carbocycles. The highest BCUT2D eigenvalue weighted by molar-refractivity contribution is 7.89. The fourth-order valence-electron chi connectivity index (χ4n) is 1.95. The Bertz CT molecular complexity index is 605. The molecule has 23 heavy (non-hydrogen) atoms. The fourth-order valence-corrected chi connectivity index (χ4v) is 3.17. The summed E-state index contributed by atoms with van der Waals surface area (Å²) in [6.45, 7) is 10.4. The second kappa shape index (κ2) is 8.88. The topological polar surface area (TPSA) is 87.8 Å². The third-order valence-electron chi connectivity index (χ3n) is 3.43. The molecule has 0 bridgehead atoms. The minimum Gasteiger partial charge on any atom is -0.370 e. The highest BCUT2D eigenvalue weighted by Crippen LogP contribution is 2.11. The standard InChI is InChI=1S/C16H28N4O2S/c1-5-20(6-2)16(17)18-12-14-7-9-15(10-8-14)23(21,22)19-11-13(3)4/h7-10,13,19H,5-6,11-12H2,1-4H3,(H2,17,18). The van der Waals surface area contributed by atoms with E-state index in [1.54, 1.807) is 24.3 Å². The summed E-state index contributed by atoms with van der Waals surface area (Å²) < 4.78 is 26.8. The third-order valence-corrected chi connectivity index (χ3v) is 4.87. The quantitative estimate of drug-likeness (QED) is 0.558. The van der Waals surface area contributed by atoms with Crippen LogP contribution in [0.15, 0.2) is 34.2 Å². The van der Waals surface area contributed by atoms with Crippen LogP contribution in [0.5, 0.6) is 0 Å². The van der Waals surface area contributed by atoms with E-state index in [2.05, 4.69) is 9.71 Å². The highest BCUT2D eigenvalue weighted by atomic mass is 32.2. The number of hydrogen-bond acceptors (Lipinski definition) is 3. The number of sulfonamides is 1. The lowest BCUT2D eigenvalue weighted by Gasteiger charge is -2.19. The first-order chi connectivity index (χ1) is 10.8. The SMILES string of the molecule is CCN(CC)C(N)=NCc1ccc(S(=O)(=O)NCC(C)C)cc1. The van der Waals surface area contributed by atoms with Crippen molar-refractivity contribution in [1.82, 2.24) is 9.62 Å². The van der Waals surface area contributed by atoms with Gasteiger partial charge in [-0.25, -0.2) is 18.1 Å². The van der Waals surface area contributed by atoms with Crippen molar-refractivity contribution in [3.63, 3.8) is 0 Å². The van der Waals surface area contributed by atoms with E-state index in [-0.39, 0.29) is 10.8 Å². The Hall–Kier alpha value is -1.60. The van der Waals surface area contributed by atoms with Gasteiger partial charge in [-0.2, -0.15) is 0 Å². The van der Waals surface area contributed by atoms with E-state index >= 15 is 0 Å². The number of hydrogen-bond donors (Lipinski definition) is 2. The molecule has 0 saturated carbocycles. The summed E-state index contributed by atoms with van der Waals surface area (Å²) in [5, 5.41) is 0. The zero-order valence-corrected chi connectivity index (χ0v) is 15.2. The second-order valence-corrected chi connectivity index (χ2v) is 7.50. The van der Waals surface area contributed by atoms with Crippen LogP contribution >= 0.6 is 0 Å². The van der Waals surface area contributed by atoms with E-state index in [0.29, 0.717) is 19.0 Å². The molecule has 0 unspecified atom stereocenters. The molecule has 0 amide bonds. The van der Waals surface area contributed by atoms with Crippen molar-refractivity contribution in [1.29, 1.82) is 0 Å². The average molecular weight is 340 g/mol. The van der Waals surface area contributed by atoms with Crippen LogP contribution in [-0.2, 0) is 16.6 Å². The molecular formula is C16H28N4O2S. The molecule has 1 aromatic rings. The molecule has 0 saturated heterocycles. The van der Waals surface area contributed by atoms with Crippen molar-refractivity contribution in [3.05, 3.63) is 29.8 Å². The van der Waals surface area contributed by atoms with Crippen molar-refractivity contribution >= 4 is 16.0 Å². The van der Waals surface area contributed by atoms with Gasteiger partial charge < -0.3 is 10.6 Å². The zero-order valence-electron chi connectivity index (χ0n) is 14.4. The number of rotatable bonds is 8. The molecular weight excluding hydrogens is 312 g/mol. The molecule has 0 spiro atoms. The first-order valence-electron chi connectivity index (χ1n) is 7.93. The molecule has 1 aromatic carbocycles. The molecule has 1 rings (SSSR count).